The monoisotopic (exact) mass is 450 g/mol. The van der Waals surface area contributed by atoms with Gasteiger partial charge in [-0.25, -0.2) is 9.97 Å². The molecule has 0 radical (unpaired) electrons. The first-order valence-electron chi connectivity index (χ1n) is 10.2. The first-order chi connectivity index (χ1) is 15.5. The molecule has 0 aromatic carbocycles. The smallest absolute Gasteiger partial charge is 0.260 e. The van der Waals surface area contributed by atoms with Crippen molar-refractivity contribution in [3.8, 4) is 21.8 Å². The van der Waals surface area contributed by atoms with Crippen LogP contribution in [0.4, 0.5) is 0 Å². The lowest BCUT2D eigenvalue weighted by Crippen LogP contribution is -2.41. The molecule has 0 spiro atoms. The van der Waals surface area contributed by atoms with Crippen LogP contribution in [0.2, 0.25) is 0 Å². The van der Waals surface area contributed by atoms with E-state index in [2.05, 4.69) is 9.97 Å². The van der Waals surface area contributed by atoms with Gasteiger partial charge < -0.3 is 24.9 Å². The van der Waals surface area contributed by atoms with Gasteiger partial charge in [-0.15, -0.1) is 11.3 Å². The van der Waals surface area contributed by atoms with E-state index in [9.17, 15) is 9.59 Å². The van der Waals surface area contributed by atoms with Crippen molar-refractivity contribution in [3.05, 3.63) is 57.6 Å². The molecule has 0 saturated carbocycles. The second-order valence-electron chi connectivity index (χ2n) is 7.65. The fourth-order valence-electron chi connectivity index (χ4n) is 3.82. The Morgan fingerprint density at radius 2 is 2.09 bits per heavy atom. The Bertz CT molecular complexity index is 1370. The number of carbonyl (C=O) groups is 1. The number of thiazole rings is 1. The fourth-order valence-corrected chi connectivity index (χ4v) is 4.65. The van der Waals surface area contributed by atoms with Crippen LogP contribution in [0.1, 0.15) is 15.9 Å². The van der Waals surface area contributed by atoms with E-state index in [0.717, 1.165) is 27.9 Å². The summed E-state index contributed by atoms with van der Waals surface area (Å²) in [6.07, 6.45) is 5.18. The number of ether oxygens (including phenoxy) is 1. The number of hydrogen-bond donors (Lipinski definition) is 2. The summed E-state index contributed by atoms with van der Waals surface area (Å²) in [5, 5.41) is 3.40. The lowest BCUT2D eigenvalue weighted by atomic mass is 10.1. The molecule has 5 heterocycles. The molecular formula is C22H22N6O3S. The Balaban J connectivity index is 1.53. The quantitative estimate of drug-likeness (QED) is 0.491. The maximum atomic E-state index is 13.0. The summed E-state index contributed by atoms with van der Waals surface area (Å²) in [4.78, 5) is 39.9. The van der Waals surface area contributed by atoms with Gasteiger partial charge in [0.1, 0.15) is 10.7 Å². The third kappa shape index (κ3) is 3.62. The highest BCUT2D eigenvalue weighted by Gasteiger charge is 2.22. The molecule has 1 aliphatic rings. The highest BCUT2D eigenvalue weighted by Crippen LogP contribution is 2.32. The Morgan fingerprint density at radius 1 is 1.28 bits per heavy atom. The van der Waals surface area contributed by atoms with Gasteiger partial charge in [-0.05, 0) is 17.7 Å². The van der Waals surface area contributed by atoms with Crippen molar-refractivity contribution in [2.75, 3.05) is 26.3 Å². The average molecular weight is 451 g/mol. The Kier molecular flexibility index (Phi) is 5.33. The number of nitrogens with one attached hydrogen (secondary N) is 1. The number of rotatable bonds is 4. The number of amides is 1. The number of fused-ring (bicyclic) bond motifs is 1. The Hall–Kier alpha value is -3.34. The molecule has 32 heavy (non-hydrogen) atoms. The van der Waals surface area contributed by atoms with Crippen molar-refractivity contribution in [1.82, 2.24) is 24.4 Å². The minimum atomic E-state index is -0.199. The molecule has 1 saturated heterocycles. The standard InChI is InChI=1S/C22H22N6O3S/c1-27-11-14(21(29)28-2-4-31-5-3-28)7-16(22(27)30)20-26-18(12-32-20)17-10-25-19-15(17)6-13(8-23)9-24-19/h6-7,9-12H,2-5,8,23H2,1H3,(H,24,25). The van der Waals surface area contributed by atoms with Crippen LogP contribution in [0.25, 0.3) is 32.9 Å². The maximum Gasteiger partial charge on any atom is 0.260 e. The van der Waals surface area contributed by atoms with Crippen LogP contribution < -0.4 is 11.3 Å². The number of morpholine rings is 1. The minimum Gasteiger partial charge on any atom is -0.378 e. The molecule has 5 rings (SSSR count). The van der Waals surface area contributed by atoms with Crippen LogP contribution in [0.15, 0.2) is 40.9 Å². The van der Waals surface area contributed by atoms with Gasteiger partial charge in [0, 0.05) is 61.6 Å². The van der Waals surface area contributed by atoms with Crippen LogP contribution in [-0.2, 0) is 18.3 Å². The molecule has 1 aliphatic heterocycles. The second kappa shape index (κ2) is 8.30. The summed E-state index contributed by atoms with van der Waals surface area (Å²) in [6.45, 7) is 2.52. The molecule has 9 nitrogen and oxygen atoms in total. The van der Waals surface area contributed by atoms with E-state index >= 15 is 0 Å². The maximum absolute atomic E-state index is 13.0. The first kappa shape index (κ1) is 20.6. The van der Waals surface area contributed by atoms with Crippen molar-refractivity contribution in [3.63, 3.8) is 0 Å². The zero-order chi connectivity index (χ0) is 22.2. The van der Waals surface area contributed by atoms with Crippen molar-refractivity contribution in [2.24, 2.45) is 12.8 Å². The number of aromatic amines is 1. The van der Waals surface area contributed by atoms with Gasteiger partial charge in [0.2, 0.25) is 0 Å². The third-order valence-electron chi connectivity index (χ3n) is 5.56. The third-order valence-corrected chi connectivity index (χ3v) is 6.44. The molecule has 1 amide bonds. The number of aromatic nitrogens is 4. The molecule has 0 aliphatic carbocycles. The largest absolute Gasteiger partial charge is 0.378 e. The van der Waals surface area contributed by atoms with Gasteiger partial charge in [-0.3, -0.25) is 9.59 Å². The molecule has 0 bridgehead atoms. The van der Waals surface area contributed by atoms with Gasteiger partial charge in [-0.1, -0.05) is 0 Å². The number of nitrogens with two attached hydrogens (primary N) is 1. The summed E-state index contributed by atoms with van der Waals surface area (Å²) in [5.41, 5.74) is 9.74. The van der Waals surface area contributed by atoms with E-state index in [4.69, 9.17) is 15.5 Å². The van der Waals surface area contributed by atoms with E-state index in [1.165, 1.54) is 15.9 Å². The van der Waals surface area contributed by atoms with Crippen molar-refractivity contribution in [1.29, 1.82) is 0 Å². The fraction of sp³-hybridized carbons (Fsp3) is 0.273. The zero-order valence-corrected chi connectivity index (χ0v) is 18.3. The van der Waals surface area contributed by atoms with Crippen LogP contribution in [-0.4, -0.2) is 56.6 Å². The number of hydrogen-bond acceptors (Lipinski definition) is 7. The topological polar surface area (TPSA) is 119 Å². The van der Waals surface area contributed by atoms with Crippen LogP contribution in [0, 0.1) is 0 Å². The van der Waals surface area contributed by atoms with Crippen LogP contribution in [0.3, 0.4) is 0 Å². The van der Waals surface area contributed by atoms with Crippen molar-refractivity contribution < 1.29 is 9.53 Å². The average Bonchev–Trinajstić information content (AvgIpc) is 3.47. The summed E-state index contributed by atoms with van der Waals surface area (Å²) in [5.74, 6) is -0.112. The van der Waals surface area contributed by atoms with E-state index in [0.29, 0.717) is 49.0 Å². The van der Waals surface area contributed by atoms with E-state index in [-0.39, 0.29) is 11.5 Å². The summed E-state index contributed by atoms with van der Waals surface area (Å²) in [6, 6.07) is 3.64. The molecule has 164 valence electrons. The molecule has 10 heteroatoms. The summed E-state index contributed by atoms with van der Waals surface area (Å²) >= 11 is 1.37. The van der Waals surface area contributed by atoms with Crippen LogP contribution in [0.5, 0.6) is 0 Å². The number of aryl methyl sites for hydroxylation is 1. The summed E-state index contributed by atoms with van der Waals surface area (Å²) in [7, 11) is 1.65. The predicted octanol–water partition coefficient (Wildman–Crippen LogP) is 1.98. The van der Waals surface area contributed by atoms with Gasteiger partial charge in [-0.2, -0.15) is 0 Å². The molecule has 3 N–H and O–H groups in total. The SMILES string of the molecule is Cn1cc(C(=O)N2CCOCC2)cc(-c2nc(-c3c[nH]c4ncc(CN)cc34)cs2)c1=O. The molecule has 4 aromatic heterocycles. The van der Waals surface area contributed by atoms with Gasteiger partial charge in [0.15, 0.2) is 0 Å². The number of H-pyrrole nitrogens is 1. The highest BCUT2D eigenvalue weighted by molar-refractivity contribution is 7.13. The lowest BCUT2D eigenvalue weighted by Gasteiger charge is -2.27. The van der Waals surface area contributed by atoms with Crippen LogP contribution >= 0.6 is 11.3 Å². The molecule has 1 fully saturated rings. The van der Waals surface area contributed by atoms with Gasteiger partial charge in [0.05, 0.1) is 30.0 Å². The molecular weight excluding hydrogens is 428 g/mol. The number of nitrogens with zero attached hydrogens (tertiary/aromatic N) is 4. The van der Waals surface area contributed by atoms with Crippen molar-refractivity contribution >= 4 is 28.3 Å². The minimum absolute atomic E-state index is 0.112. The van der Waals surface area contributed by atoms with E-state index in [1.54, 1.807) is 30.4 Å². The van der Waals surface area contributed by atoms with Crippen molar-refractivity contribution in [2.45, 2.75) is 6.54 Å². The molecule has 0 atom stereocenters. The highest BCUT2D eigenvalue weighted by atomic mass is 32.1. The Morgan fingerprint density at radius 3 is 2.88 bits per heavy atom. The molecule has 0 unspecified atom stereocenters. The Labute approximate surface area is 187 Å². The second-order valence-corrected chi connectivity index (χ2v) is 8.51. The number of carbonyl (C=O) groups excluding carboxylic acids is 1. The summed E-state index contributed by atoms with van der Waals surface area (Å²) < 4.78 is 6.77. The molecule has 4 aromatic rings. The van der Waals surface area contributed by atoms with Gasteiger partial charge in [0.25, 0.3) is 11.5 Å². The van der Waals surface area contributed by atoms with E-state index in [1.807, 2.05) is 17.6 Å². The van der Waals surface area contributed by atoms with Gasteiger partial charge >= 0.3 is 0 Å². The van der Waals surface area contributed by atoms with E-state index < -0.39 is 0 Å². The predicted molar refractivity (Wildman–Crippen MR) is 122 cm³/mol. The zero-order valence-electron chi connectivity index (χ0n) is 17.5. The first-order valence-corrected chi connectivity index (χ1v) is 11.1. The number of pyridine rings is 2. The normalized spacial score (nSPS) is 14.2. The lowest BCUT2D eigenvalue weighted by molar-refractivity contribution is 0.0302.